The van der Waals surface area contributed by atoms with Crippen LogP contribution in [0.3, 0.4) is 0 Å². The second kappa shape index (κ2) is 10.9. The Morgan fingerprint density at radius 3 is 2.50 bits per heavy atom. The van der Waals surface area contributed by atoms with E-state index in [1.54, 1.807) is 69.3 Å². The molecule has 1 aromatic heterocycles. The van der Waals surface area contributed by atoms with Crippen LogP contribution in [0.4, 0.5) is 5.69 Å². The lowest BCUT2D eigenvalue weighted by Gasteiger charge is -2.25. The van der Waals surface area contributed by atoms with E-state index in [1.165, 1.54) is 16.6 Å². The predicted molar refractivity (Wildman–Crippen MR) is 148 cm³/mol. The van der Waals surface area contributed by atoms with Gasteiger partial charge >= 0.3 is 11.9 Å². The molecule has 2 aromatic carbocycles. The maximum Gasteiger partial charge on any atom is 0.338 e. The van der Waals surface area contributed by atoms with Gasteiger partial charge in [-0.1, -0.05) is 41.7 Å². The molecule has 40 heavy (non-hydrogen) atoms. The summed E-state index contributed by atoms with van der Waals surface area (Å²) in [6.45, 7) is 5.13. The van der Waals surface area contributed by atoms with Crippen LogP contribution in [0.1, 0.15) is 37.9 Å². The smallest absolute Gasteiger partial charge is 0.338 e. The maximum absolute atomic E-state index is 14.2. The SMILES string of the molecule is CCOC(=O)CN1C(=O)/C(=c2/sc3n(c2=O)[C@@H](c2cccc(OC)c2)C(C(=O)OCC)=C(C)N=3)c2ccccc21. The molecular weight excluding hydrogens is 534 g/mol. The third kappa shape index (κ3) is 4.51. The number of hydrogen-bond acceptors (Lipinski definition) is 9. The number of nitrogens with zero attached hydrogens (tertiary/aromatic N) is 3. The Hall–Kier alpha value is -4.51. The van der Waals surface area contributed by atoms with Gasteiger partial charge in [-0.25, -0.2) is 9.79 Å². The summed E-state index contributed by atoms with van der Waals surface area (Å²) < 4.78 is 17.4. The largest absolute Gasteiger partial charge is 0.497 e. The number of aromatic nitrogens is 1. The van der Waals surface area contributed by atoms with Gasteiger partial charge in [0.25, 0.3) is 11.5 Å². The van der Waals surface area contributed by atoms with Crippen molar-refractivity contribution < 1.29 is 28.6 Å². The first-order valence-corrected chi connectivity index (χ1v) is 13.5. The van der Waals surface area contributed by atoms with E-state index in [9.17, 15) is 19.2 Å². The van der Waals surface area contributed by atoms with E-state index in [-0.39, 0.29) is 35.4 Å². The zero-order valence-corrected chi connectivity index (χ0v) is 23.2. The first-order valence-electron chi connectivity index (χ1n) is 12.7. The molecule has 2 aliphatic rings. The highest BCUT2D eigenvalue weighted by Gasteiger charge is 2.38. The van der Waals surface area contributed by atoms with Crippen molar-refractivity contribution in [1.29, 1.82) is 0 Å². The number of carbonyl (C=O) groups is 3. The van der Waals surface area contributed by atoms with Gasteiger partial charge in [-0.05, 0) is 44.5 Å². The van der Waals surface area contributed by atoms with Crippen molar-refractivity contribution in [2.45, 2.75) is 26.8 Å². The van der Waals surface area contributed by atoms with Gasteiger partial charge in [0.2, 0.25) is 0 Å². The number of fused-ring (bicyclic) bond motifs is 2. The summed E-state index contributed by atoms with van der Waals surface area (Å²) in [5.41, 5.74) is 1.98. The Bertz CT molecular complexity index is 1750. The molecule has 5 rings (SSSR count). The van der Waals surface area contributed by atoms with Crippen molar-refractivity contribution in [2.24, 2.45) is 4.99 Å². The minimum absolute atomic E-state index is 0.149. The highest BCUT2D eigenvalue weighted by molar-refractivity contribution is 7.07. The average Bonchev–Trinajstić information content (AvgIpc) is 3.40. The fourth-order valence-corrected chi connectivity index (χ4v) is 6.10. The number of hydrogen-bond donors (Lipinski definition) is 0. The average molecular weight is 562 g/mol. The van der Waals surface area contributed by atoms with Crippen LogP contribution in [0.15, 0.2) is 69.6 Å². The van der Waals surface area contributed by atoms with E-state index in [2.05, 4.69) is 4.99 Å². The van der Waals surface area contributed by atoms with Gasteiger partial charge < -0.3 is 14.2 Å². The quantitative estimate of drug-likeness (QED) is 0.406. The second-order valence-corrected chi connectivity index (χ2v) is 9.97. The fourth-order valence-electron chi connectivity index (χ4n) is 4.96. The number of thiazole rings is 1. The van der Waals surface area contributed by atoms with Crippen LogP contribution in [0, 0.1) is 0 Å². The Kier molecular flexibility index (Phi) is 7.40. The number of ether oxygens (including phenoxy) is 3. The van der Waals surface area contributed by atoms with Crippen molar-refractivity contribution in [1.82, 2.24) is 4.57 Å². The fraction of sp³-hybridized carbons (Fsp3) is 0.276. The van der Waals surface area contributed by atoms with Crippen molar-refractivity contribution in [2.75, 3.05) is 31.8 Å². The molecule has 11 heteroatoms. The Morgan fingerprint density at radius 1 is 1.02 bits per heavy atom. The summed E-state index contributed by atoms with van der Waals surface area (Å²) >= 11 is 1.06. The van der Waals surface area contributed by atoms with Crippen molar-refractivity contribution >= 4 is 40.4 Å². The standard InChI is InChI=1S/C29H27N3O7S/c1-5-38-21(33)15-31-20-13-8-7-12-19(20)23(26(31)34)25-27(35)32-24(17-10-9-11-18(14-17)37-4)22(28(36)39-6-2)16(3)30-29(32)40-25/h7-14,24H,5-6,15H2,1-4H3/b25-23+/t24-/m0/s1. The molecule has 1 atom stereocenters. The van der Waals surface area contributed by atoms with Crippen molar-refractivity contribution in [3.05, 3.63) is 90.6 Å². The molecule has 0 bridgehead atoms. The van der Waals surface area contributed by atoms with Crippen LogP contribution >= 0.6 is 11.3 Å². The lowest BCUT2D eigenvalue weighted by atomic mass is 9.95. The van der Waals surface area contributed by atoms with Gasteiger partial charge in [0.1, 0.15) is 16.8 Å². The summed E-state index contributed by atoms with van der Waals surface area (Å²) in [5.74, 6) is -1.08. The molecule has 0 unspecified atom stereocenters. The third-order valence-electron chi connectivity index (χ3n) is 6.64. The Morgan fingerprint density at radius 2 is 1.77 bits per heavy atom. The molecule has 0 saturated heterocycles. The van der Waals surface area contributed by atoms with E-state index < -0.39 is 29.4 Å². The summed E-state index contributed by atoms with van der Waals surface area (Å²) in [6.07, 6.45) is 0. The van der Waals surface area contributed by atoms with Gasteiger partial charge in [0.15, 0.2) is 4.80 Å². The lowest BCUT2D eigenvalue weighted by molar-refractivity contribution is -0.142. The molecule has 2 aliphatic heterocycles. The molecule has 206 valence electrons. The number of esters is 2. The lowest BCUT2D eigenvalue weighted by Crippen LogP contribution is -2.41. The number of para-hydroxylation sites is 1. The van der Waals surface area contributed by atoms with Crippen LogP contribution in [-0.4, -0.2) is 49.3 Å². The molecule has 1 amide bonds. The Labute approximate surface area is 233 Å². The minimum atomic E-state index is -0.859. The van der Waals surface area contributed by atoms with Crippen LogP contribution in [0.5, 0.6) is 5.75 Å². The minimum Gasteiger partial charge on any atom is -0.497 e. The molecule has 3 heterocycles. The van der Waals surface area contributed by atoms with Crippen LogP contribution < -0.4 is 24.5 Å². The summed E-state index contributed by atoms with van der Waals surface area (Å²) in [4.78, 5) is 59.6. The topological polar surface area (TPSA) is 116 Å². The first kappa shape index (κ1) is 27.1. The number of rotatable bonds is 7. The van der Waals surface area contributed by atoms with Crippen molar-refractivity contribution in [3.63, 3.8) is 0 Å². The molecular formula is C29H27N3O7S. The molecule has 3 aromatic rings. The number of methoxy groups -OCH3 is 1. The number of amides is 1. The van der Waals surface area contributed by atoms with Crippen LogP contribution in [0.2, 0.25) is 0 Å². The van der Waals surface area contributed by atoms with Crippen LogP contribution in [-0.2, 0) is 23.9 Å². The summed E-state index contributed by atoms with van der Waals surface area (Å²) in [6, 6.07) is 13.2. The van der Waals surface area contributed by atoms with E-state index in [1.807, 2.05) is 0 Å². The predicted octanol–water partition coefficient (Wildman–Crippen LogP) is 2.09. The van der Waals surface area contributed by atoms with Crippen molar-refractivity contribution in [3.8, 4) is 5.75 Å². The molecule has 0 N–H and O–H groups in total. The monoisotopic (exact) mass is 561 g/mol. The zero-order valence-electron chi connectivity index (χ0n) is 22.4. The normalized spacial score (nSPS) is 17.2. The number of benzene rings is 2. The van der Waals surface area contributed by atoms with E-state index >= 15 is 0 Å². The van der Waals surface area contributed by atoms with Gasteiger partial charge in [0, 0.05) is 5.56 Å². The molecule has 0 radical (unpaired) electrons. The number of anilines is 1. The second-order valence-electron chi connectivity index (χ2n) is 8.99. The van der Waals surface area contributed by atoms with Gasteiger partial charge in [-0.2, -0.15) is 0 Å². The highest BCUT2D eigenvalue weighted by atomic mass is 32.1. The molecule has 0 aliphatic carbocycles. The Balaban J connectivity index is 1.76. The zero-order chi connectivity index (χ0) is 28.6. The number of allylic oxidation sites excluding steroid dienone is 1. The molecule has 0 saturated carbocycles. The van der Waals surface area contributed by atoms with E-state index in [0.29, 0.717) is 33.1 Å². The van der Waals surface area contributed by atoms with E-state index in [4.69, 9.17) is 14.2 Å². The summed E-state index contributed by atoms with van der Waals surface area (Å²) in [7, 11) is 1.53. The number of carbonyl (C=O) groups excluding carboxylic acids is 3. The molecule has 0 spiro atoms. The van der Waals surface area contributed by atoms with Crippen LogP contribution in [0.25, 0.3) is 5.57 Å². The highest BCUT2D eigenvalue weighted by Crippen LogP contribution is 2.36. The summed E-state index contributed by atoms with van der Waals surface area (Å²) in [5, 5.41) is 0. The van der Waals surface area contributed by atoms with Gasteiger partial charge in [-0.3, -0.25) is 23.9 Å². The maximum atomic E-state index is 14.2. The van der Waals surface area contributed by atoms with Gasteiger partial charge in [-0.15, -0.1) is 0 Å². The molecule has 10 nitrogen and oxygen atoms in total. The van der Waals surface area contributed by atoms with E-state index in [0.717, 1.165) is 11.3 Å². The third-order valence-corrected chi connectivity index (χ3v) is 7.70. The first-order chi connectivity index (χ1) is 19.3. The molecule has 0 fully saturated rings. The van der Waals surface area contributed by atoms with Gasteiger partial charge in [0.05, 0.1) is 48.9 Å².